The lowest BCUT2D eigenvalue weighted by molar-refractivity contribution is 0.0442. The highest BCUT2D eigenvalue weighted by atomic mass is 16.5. The number of nitrogens with zero attached hydrogens (tertiary/aromatic N) is 1. The van der Waals surface area contributed by atoms with Gasteiger partial charge >= 0.3 is 0 Å². The predicted octanol–water partition coefficient (Wildman–Crippen LogP) is 2.08. The van der Waals surface area contributed by atoms with Gasteiger partial charge in [0.25, 0.3) is 0 Å². The first-order valence-corrected chi connectivity index (χ1v) is 7.63. The van der Waals surface area contributed by atoms with Crippen LogP contribution in [0.4, 0.5) is 5.69 Å². The fourth-order valence-corrected chi connectivity index (χ4v) is 2.95. The summed E-state index contributed by atoms with van der Waals surface area (Å²) in [6.45, 7) is 0. The van der Waals surface area contributed by atoms with E-state index < -0.39 is 12.5 Å². The normalized spacial score (nSPS) is 20.0. The molecule has 0 saturated heterocycles. The second-order valence-electron chi connectivity index (χ2n) is 5.63. The molecule has 6 nitrogen and oxygen atoms in total. The van der Waals surface area contributed by atoms with Crippen molar-refractivity contribution in [2.24, 2.45) is 4.99 Å². The first kappa shape index (κ1) is 14.7. The van der Waals surface area contributed by atoms with Crippen LogP contribution in [0.3, 0.4) is 0 Å². The third-order valence-corrected chi connectivity index (χ3v) is 4.12. The highest BCUT2D eigenvalue weighted by Gasteiger charge is 2.27. The number of H-pyrrole nitrogens is 1. The number of methoxy groups -OCH3 is 1. The Morgan fingerprint density at radius 1 is 1.08 bits per heavy atom. The van der Waals surface area contributed by atoms with Gasteiger partial charge in [-0.05, 0) is 18.2 Å². The van der Waals surface area contributed by atoms with Crippen LogP contribution < -0.4 is 10.1 Å². The lowest BCUT2D eigenvalue weighted by Crippen LogP contribution is -2.31. The average molecular weight is 323 g/mol. The number of aromatic amines is 1. The highest BCUT2D eigenvalue weighted by molar-refractivity contribution is 6.19. The van der Waals surface area contributed by atoms with Gasteiger partial charge in [-0.3, -0.25) is 0 Å². The van der Waals surface area contributed by atoms with Crippen molar-refractivity contribution in [3.63, 3.8) is 0 Å². The molecule has 0 radical (unpaired) electrons. The predicted molar refractivity (Wildman–Crippen MR) is 92.6 cm³/mol. The minimum Gasteiger partial charge on any atom is -0.497 e. The highest BCUT2D eigenvalue weighted by Crippen LogP contribution is 2.33. The van der Waals surface area contributed by atoms with Crippen molar-refractivity contribution in [3.8, 4) is 5.75 Å². The summed E-state index contributed by atoms with van der Waals surface area (Å²) in [6, 6.07) is 15.2. The van der Waals surface area contributed by atoms with Crippen molar-refractivity contribution in [1.29, 1.82) is 0 Å². The number of aliphatic imine (C=N–C) groups is 1. The van der Waals surface area contributed by atoms with Gasteiger partial charge in [0, 0.05) is 16.5 Å². The topological polar surface area (TPSA) is 89.9 Å². The zero-order chi connectivity index (χ0) is 16.7. The number of ether oxygens (including phenoxy) is 1. The summed E-state index contributed by atoms with van der Waals surface area (Å²) < 4.78 is 5.28. The zero-order valence-corrected chi connectivity index (χ0v) is 13.0. The second kappa shape index (κ2) is 5.67. The zero-order valence-electron chi connectivity index (χ0n) is 13.0. The largest absolute Gasteiger partial charge is 0.497 e. The minimum atomic E-state index is -1.27. The van der Waals surface area contributed by atoms with Crippen molar-refractivity contribution in [2.75, 3.05) is 12.4 Å². The maximum absolute atomic E-state index is 10.1. The number of aromatic nitrogens is 1. The van der Waals surface area contributed by atoms with Gasteiger partial charge in [0.05, 0.1) is 24.2 Å². The van der Waals surface area contributed by atoms with E-state index in [1.165, 1.54) is 0 Å². The number of rotatable bonds is 2. The van der Waals surface area contributed by atoms with E-state index in [-0.39, 0.29) is 0 Å². The van der Waals surface area contributed by atoms with E-state index in [1.807, 2.05) is 48.5 Å². The Hall–Kier alpha value is -2.83. The Labute approximate surface area is 138 Å². The van der Waals surface area contributed by atoms with Crippen LogP contribution in [0.5, 0.6) is 5.75 Å². The lowest BCUT2D eigenvalue weighted by Gasteiger charge is -2.14. The van der Waals surface area contributed by atoms with Crippen molar-refractivity contribution < 1.29 is 14.9 Å². The number of fused-ring (bicyclic) bond motifs is 3. The maximum atomic E-state index is 10.1. The molecular formula is C18H17N3O3. The Morgan fingerprint density at radius 3 is 2.75 bits per heavy atom. The summed E-state index contributed by atoms with van der Waals surface area (Å²) in [7, 11) is 1.60. The Balaban J connectivity index is 1.96. The molecule has 0 spiro atoms. The van der Waals surface area contributed by atoms with E-state index in [0.29, 0.717) is 11.5 Å². The van der Waals surface area contributed by atoms with E-state index in [2.05, 4.69) is 15.3 Å². The number of anilines is 1. The molecule has 0 saturated carbocycles. The van der Waals surface area contributed by atoms with Gasteiger partial charge in [-0.25, -0.2) is 4.99 Å². The molecule has 2 atom stereocenters. The number of hydrogen-bond acceptors (Lipinski definition) is 5. The number of para-hydroxylation sites is 1. The quantitative estimate of drug-likeness (QED) is 0.581. The summed E-state index contributed by atoms with van der Waals surface area (Å²) in [5.74, 6) is 0.695. The van der Waals surface area contributed by atoms with Crippen LogP contribution in [0.1, 0.15) is 11.3 Å². The Bertz CT molecular complexity index is 932. The van der Waals surface area contributed by atoms with Crippen LogP contribution in [0.15, 0.2) is 53.5 Å². The Kier molecular flexibility index (Phi) is 3.48. The Morgan fingerprint density at radius 2 is 1.92 bits per heavy atom. The first-order chi connectivity index (χ1) is 11.7. The van der Waals surface area contributed by atoms with Crippen molar-refractivity contribution in [2.45, 2.75) is 12.5 Å². The number of benzene rings is 2. The molecule has 4 rings (SSSR count). The first-order valence-electron chi connectivity index (χ1n) is 7.63. The summed E-state index contributed by atoms with van der Waals surface area (Å²) >= 11 is 0. The molecule has 2 heterocycles. The molecule has 122 valence electrons. The SMILES string of the molecule is COc1cccc(C2=NC(O)C(O)Nc3c2[nH]c2ccccc32)c1. The van der Waals surface area contributed by atoms with Crippen LogP contribution in [0.2, 0.25) is 0 Å². The van der Waals surface area contributed by atoms with E-state index in [0.717, 1.165) is 27.8 Å². The van der Waals surface area contributed by atoms with Gasteiger partial charge in [0.1, 0.15) is 5.75 Å². The molecule has 6 heteroatoms. The summed E-state index contributed by atoms with van der Waals surface area (Å²) in [5.41, 5.74) is 3.72. The fraction of sp³-hybridized carbons (Fsp3) is 0.167. The molecule has 0 fully saturated rings. The van der Waals surface area contributed by atoms with E-state index in [4.69, 9.17) is 4.74 Å². The molecule has 4 N–H and O–H groups in total. The molecule has 2 unspecified atom stereocenters. The van der Waals surface area contributed by atoms with E-state index in [1.54, 1.807) is 7.11 Å². The minimum absolute atomic E-state index is 0.566. The molecule has 1 aliphatic heterocycles. The van der Waals surface area contributed by atoms with Gasteiger partial charge in [-0.2, -0.15) is 0 Å². The molecule has 1 aliphatic rings. The van der Waals surface area contributed by atoms with Crippen LogP contribution >= 0.6 is 0 Å². The van der Waals surface area contributed by atoms with Gasteiger partial charge in [-0.15, -0.1) is 0 Å². The molecule has 1 aromatic heterocycles. The molecule has 2 aromatic carbocycles. The maximum Gasteiger partial charge on any atom is 0.190 e. The van der Waals surface area contributed by atoms with Crippen LogP contribution in [0.25, 0.3) is 10.9 Å². The average Bonchev–Trinajstić information content (AvgIpc) is 2.92. The van der Waals surface area contributed by atoms with Crippen LogP contribution in [0, 0.1) is 0 Å². The number of hydrogen-bond donors (Lipinski definition) is 4. The molecular weight excluding hydrogens is 306 g/mol. The second-order valence-corrected chi connectivity index (χ2v) is 5.63. The smallest absolute Gasteiger partial charge is 0.190 e. The van der Waals surface area contributed by atoms with Gasteiger partial charge in [0.2, 0.25) is 0 Å². The standard InChI is InChI=1S/C18H17N3O3/c1-24-11-6-4-5-10(9-11)14-16-15(21-18(23)17(22)20-14)12-7-2-3-8-13(12)19-16/h2-9,17-19,21-23H,1H3. The third-order valence-electron chi connectivity index (χ3n) is 4.12. The van der Waals surface area contributed by atoms with Gasteiger partial charge < -0.3 is 25.3 Å². The lowest BCUT2D eigenvalue weighted by atomic mass is 10.1. The van der Waals surface area contributed by atoms with Gasteiger partial charge in [-0.1, -0.05) is 30.3 Å². The van der Waals surface area contributed by atoms with E-state index in [9.17, 15) is 10.2 Å². The molecule has 0 bridgehead atoms. The van der Waals surface area contributed by atoms with Crippen molar-refractivity contribution in [1.82, 2.24) is 4.98 Å². The van der Waals surface area contributed by atoms with E-state index >= 15 is 0 Å². The van der Waals surface area contributed by atoms with Crippen molar-refractivity contribution >= 4 is 22.3 Å². The summed E-state index contributed by atoms with van der Waals surface area (Å²) in [5, 5.41) is 24.2. The van der Waals surface area contributed by atoms with Gasteiger partial charge in [0.15, 0.2) is 12.5 Å². The number of aliphatic hydroxyl groups is 2. The van der Waals surface area contributed by atoms with Crippen molar-refractivity contribution in [3.05, 3.63) is 59.8 Å². The number of aliphatic hydroxyl groups excluding tert-OH is 2. The molecule has 0 aliphatic carbocycles. The molecule has 0 amide bonds. The molecule has 3 aromatic rings. The number of nitrogens with one attached hydrogen (secondary N) is 2. The summed E-state index contributed by atoms with van der Waals surface area (Å²) in [4.78, 5) is 7.64. The van der Waals surface area contributed by atoms with Crippen LogP contribution in [-0.2, 0) is 0 Å². The summed E-state index contributed by atoms with van der Waals surface area (Å²) in [6.07, 6.45) is -2.46. The molecule has 24 heavy (non-hydrogen) atoms. The van der Waals surface area contributed by atoms with Crippen LogP contribution in [-0.4, -0.2) is 40.5 Å². The fourth-order valence-electron chi connectivity index (χ4n) is 2.95. The third kappa shape index (κ3) is 2.33. The monoisotopic (exact) mass is 323 g/mol.